The average molecular weight is 238 g/mol. The first kappa shape index (κ1) is 12.9. The van der Waals surface area contributed by atoms with E-state index in [4.69, 9.17) is 28.5 Å². The number of hydrogen-bond acceptors (Lipinski definition) is 2. The van der Waals surface area contributed by atoms with E-state index in [0.29, 0.717) is 11.6 Å². The van der Waals surface area contributed by atoms with Crippen LogP contribution in [0.15, 0.2) is 24.3 Å². The quantitative estimate of drug-likeness (QED) is 0.610. The number of unbranched alkanes of at least 4 members (excludes halogenated alkanes) is 1. The van der Waals surface area contributed by atoms with Crippen LogP contribution in [0.3, 0.4) is 0 Å². The zero-order valence-corrected chi connectivity index (χ0v) is 9.91. The number of halogens is 1. The van der Waals surface area contributed by atoms with Gasteiger partial charge in [0.25, 0.3) is 0 Å². The molecule has 0 fully saturated rings. The van der Waals surface area contributed by atoms with Gasteiger partial charge in [-0.15, -0.1) is 12.3 Å². The number of benzene rings is 1. The Hall–Kier alpha value is -1.17. The number of hydrogen-bond donors (Lipinski definition) is 1. The molecule has 1 aromatic rings. The van der Waals surface area contributed by atoms with E-state index < -0.39 is 0 Å². The fourth-order valence-electron chi connectivity index (χ4n) is 1.28. The second kappa shape index (κ2) is 7.16. The second-order valence-corrected chi connectivity index (χ2v) is 4.06. The van der Waals surface area contributed by atoms with E-state index >= 15 is 0 Å². The van der Waals surface area contributed by atoms with Crippen molar-refractivity contribution >= 4 is 11.6 Å². The SMILES string of the molecule is C#CCCCC(N)COc1ccc(Cl)cc1. The van der Waals surface area contributed by atoms with Gasteiger partial charge in [0.1, 0.15) is 12.4 Å². The van der Waals surface area contributed by atoms with Gasteiger partial charge in [-0.2, -0.15) is 0 Å². The zero-order chi connectivity index (χ0) is 11.8. The van der Waals surface area contributed by atoms with Crippen LogP contribution in [-0.2, 0) is 0 Å². The van der Waals surface area contributed by atoms with Crippen molar-refractivity contribution < 1.29 is 4.74 Å². The molecule has 0 aromatic heterocycles. The van der Waals surface area contributed by atoms with Crippen LogP contribution in [0.25, 0.3) is 0 Å². The molecule has 0 amide bonds. The Morgan fingerprint density at radius 1 is 1.38 bits per heavy atom. The molecule has 0 heterocycles. The Bertz CT molecular complexity index is 342. The summed E-state index contributed by atoms with van der Waals surface area (Å²) < 4.78 is 5.52. The highest BCUT2D eigenvalue weighted by Crippen LogP contribution is 2.15. The normalized spacial score (nSPS) is 11.8. The maximum absolute atomic E-state index is 5.87. The van der Waals surface area contributed by atoms with Crippen LogP contribution in [0.5, 0.6) is 5.75 Å². The third-order valence-electron chi connectivity index (χ3n) is 2.17. The van der Waals surface area contributed by atoms with Crippen LogP contribution < -0.4 is 10.5 Å². The molecule has 2 N–H and O–H groups in total. The van der Waals surface area contributed by atoms with E-state index in [0.717, 1.165) is 25.0 Å². The predicted octanol–water partition coefficient (Wildman–Crippen LogP) is 2.85. The van der Waals surface area contributed by atoms with Gasteiger partial charge in [-0.25, -0.2) is 0 Å². The van der Waals surface area contributed by atoms with E-state index in [-0.39, 0.29) is 6.04 Å². The van der Waals surface area contributed by atoms with E-state index in [1.807, 2.05) is 12.1 Å². The minimum absolute atomic E-state index is 0.0315. The number of rotatable bonds is 6. The molecule has 16 heavy (non-hydrogen) atoms. The lowest BCUT2D eigenvalue weighted by Gasteiger charge is -2.12. The predicted molar refractivity (Wildman–Crippen MR) is 67.6 cm³/mol. The van der Waals surface area contributed by atoms with Gasteiger partial charge >= 0.3 is 0 Å². The minimum Gasteiger partial charge on any atom is -0.492 e. The molecule has 0 aliphatic heterocycles. The Labute approximate surface area is 102 Å². The van der Waals surface area contributed by atoms with Crippen LogP contribution in [0.1, 0.15) is 19.3 Å². The fraction of sp³-hybridized carbons (Fsp3) is 0.385. The van der Waals surface area contributed by atoms with Gasteiger partial charge in [0.05, 0.1) is 0 Å². The third kappa shape index (κ3) is 5.06. The zero-order valence-electron chi connectivity index (χ0n) is 9.16. The largest absolute Gasteiger partial charge is 0.492 e. The molecule has 1 aromatic carbocycles. The van der Waals surface area contributed by atoms with Crippen LogP contribution in [0, 0.1) is 12.3 Å². The molecule has 0 bridgehead atoms. The molecular weight excluding hydrogens is 222 g/mol. The summed E-state index contributed by atoms with van der Waals surface area (Å²) >= 11 is 5.76. The number of ether oxygens (including phenoxy) is 1. The summed E-state index contributed by atoms with van der Waals surface area (Å²) in [5.41, 5.74) is 5.87. The van der Waals surface area contributed by atoms with Crippen LogP contribution in [0.4, 0.5) is 0 Å². The summed E-state index contributed by atoms with van der Waals surface area (Å²) in [5, 5.41) is 0.700. The second-order valence-electron chi connectivity index (χ2n) is 3.62. The molecule has 3 heteroatoms. The van der Waals surface area contributed by atoms with Crippen molar-refractivity contribution in [3.8, 4) is 18.1 Å². The van der Waals surface area contributed by atoms with Crippen molar-refractivity contribution in [1.82, 2.24) is 0 Å². The monoisotopic (exact) mass is 237 g/mol. The Balaban J connectivity index is 2.23. The molecular formula is C13H16ClNO. The highest BCUT2D eigenvalue weighted by molar-refractivity contribution is 6.30. The molecule has 1 rings (SSSR count). The summed E-state index contributed by atoms with van der Waals surface area (Å²) in [6, 6.07) is 7.28. The van der Waals surface area contributed by atoms with Crippen LogP contribution in [-0.4, -0.2) is 12.6 Å². The molecule has 2 nitrogen and oxygen atoms in total. The number of nitrogens with two attached hydrogens (primary N) is 1. The highest BCUT2D eigenvalue weighted by Gasteiger charge is 2.03. The lowest BCUT2D eigenvalue weighted by atomic mass is 10.1. The van der Waals surface area contributed by atoms with Crippen molar-refractivity contribution in [3.05, 3.63) is 29.3 Å². The summed E-state index contributed by atoms with van der Waals surface area (Å²) in [7, 11) is 0. The van der Waals surface area contributed by atoms with E-state index in [2.05, 4.69) is 5.92 Å². The molecule has 0 aliphatic carbocycles. The summed E-state index contributed by atoms with van der Waals surface area (Å²) in [4.78, 5) is 0. The van der Waals surface area contributed by atoms with Gasteiger partial charge in [0.2, 0.25) is 0 Å². The van der Waals surface area contributed by atoms with Gasteiger partial charge in [-0.05, 0) is 37.1 Å². The van der Waals surface area contributed by atoms with E-state index in [1.165, 1.54) is 0 Å². The standard InChI is InChI=1S/C13H16ClNO/c1-2-3-4-5-12(15)10-16-13-8-6-11(14)7-9-13/h1,6-9,12H,3-5,10,15H2. The van der Waals surface area contributed by atoms with Gasteiger partial charge in [-0.1, -0.05) is 11.6 Å². The van der Waals surface area contributed by atoms with Crippen LogP contribution in [0.2, 0.25) is 5.02 Å². The third-order valence-corrected chi connectivity index (χ3v) is 2.43. The van der Waals surface area contributed by atoms with Gasteiger partial charge in [-0.3, -0.25) is 0 Å². The van der Waals surface area contributed by atoms with E-state index in [1.54, 1.807) is 12.1 Å². The lowest BCUT2D eigenvalue weighted by Crippen LogP contribution is -2.27. The summed E-state index contributed by atoms with van der Waals surface area (Å²) in [6.07, 6.45) is 7.76. The average Bonchev–Trinajstić information content (AvgIpc) is 2.29. The molecule has 0 radical (unpaired) electrons. The van der Waals surface area contributed by atoms with Crippen molar-refractivity contribution in [2.24, 2.45) is 5.73 Å². The van der Waals surface area contributed by atoms with Crippen LogP contribution >= 0.6 is 11.6 Å². The van der Waals surface area contributed by atoms with Gasteiger partial charge in [0, 0.05) is 17.5 Å². The van der Waals surface area contributed by atoms with Crippen molar-refractivity contribution in [3.63, 3.8) is 0 Å². The first-order valence-electron chi connectivity index (χ1n) is 5.30. The maximum atomic E-state index is 5.87. The van der Waals surface area contributed by atoms with Crippen molar-refractivity contribution in [1.29, 1.82) is 0 Å². The molecule has 0 saturated heterocycles. The molecule has 0 saturated carbocycles. The van der Waals surface area contributed by atoms with Crippen molar-refractivity contribution in [2.75, 3.05) is 6.61 Å². The molecule has 86 valence electrons. The fourth-order valence-corrected chi connectivity index (χ4v) is 1.41. The van der Waals surface area contributed by atoms with Crippen molar-refractivity contribution in [2.45, 2.75) is 25.3 Å². The first-order valence-corrected chi connectivity index (χ1v) is 5.67. The maximum Gasteiger partial charge on any atom is 0.119 e. The summed E-state index contributed by atoms with van der Waals surface area (Å²) in [5.74, 6) is 3.38. The van der Waals surface area contributed by atoms with Gasteiger partial charge in [0.15, 0.2) is 0 Å². The molecule has 1 atom stereocenters. The molecule has 1 unspecified atom stereocenters. The Kier molecular flexibility index (Phi) is 5.77. The van der Waals surface area contributed by atoms with E-state index in [9.17, 15) is 0 Å². The topological polar surface area (TPSA) is 35.2 Å². The Morgan fingerprint density at radius 2 is 2.06 bits per heavy atom. The molecule has 0 aliphatic rings. The smallest absolute Gasteiger partial charge is 0.119 e. The Morgan fingerprint density at radius 3 is 2.69 bits per heavy atom. The first-order chi connectivity index (χ1) is 7.72. The number of terminal acetylenes is 1. The highest BCUT2D eigenvalue weighted by atomic mass is 35.5. The minimum atomic E-state index is 0.0315. The summed E-state index contributed by atoms with van der Waals surface area (Å²) in [6.45, 7) is 0.506. The molecule has 0 spiro atoms. The lowest BCUT2D eigenvalue weighted by molar-refractivity contribution is 0.280. The van der Waals surface area contributed by atoms with Gasteiger partial charge < -0.3 is 10.5 Å².